The highest BCUT2D eigenvalue weighted by molar-refractivity contribution is 9.09. The molecule has 1 rings (SSSR count). The molecule has 1 aromatic carbocycles. The van der Waals surface area contributed by atoms with Crippen molar-refractivity contribution in [2.24, 2.45) is 0 Å². The van der Waals surface area contributed by atoms with Crippen LogP contribution in [0.15, 0.2) is 30.3 Å². The molecular formula is C14H17BrO3. The third-order valence-corrected chi connectivity index (χ3v) is 2.87. The van der Waals surface area contributed by atoms with E-state index in [-0.39, 0.29) is 0 Å². The Morgan fingerprint density at radius 3 is 2.50 bits per heavy atom. The average Bonchev–Trinajstić information content (AvgIpc) is 2.35. The van der Waals surface area contributed by atoms with Crippen LogP contribution in [0, 0.1) is 0 Å². The normalized spacial score (nSPS) is 11.9. The number of carboxylic acid groups (broad SMARTS) is 1. The van der Waals surface area contributed by atoms with E-state index in [1.54, 1.807) is 13.8 Å². The topological polar surface area (TPSA) is 46.5 Å². The molecule has 0 bridgehead atoms. The van der Waals surface area contributed by atoms with E-state index in [9.17, 15) is 4.79 Å². The number of carboxylic acids is 1. The van der Waals surface area contributed by atoms with Crippen molar-refractivity contribution in [2.75, 3.05) is 5.33 Å². The van der Waals surface area contributed by atoms with Gasteiger partial charge in [-0.25, -0.2) is 4.79 Å². The van der Waals surface area contributed by atoms with Crippen molar-refractivity contribution < 1.29 is 14.6 Å². The molecule has 0 atom stereocenters. The van der Waals surface area contributed by atoms with E-state index in [0.29, 0.717) is 6.61 Å². The van der Waals surface area contributed by atoms with Gasteiger partial charge in [-0.15, -0.1) is 0 Å². The molecule has 18 heavy (non-hydrogen) atoms. The molecule has 3 nitrogen and oxygen atoms in total. The third kappa shape index (κ3) is 4.63. The fraction of sp³-hybridized carbons (Fsp3) is 0.357. The van der Waals surface area contributed by atoms with Crippen molar-refractivity contribution in [1.82, 2.24) is 0 Å². The van der Waals surface area contributed by atoms with Crippen LogP contribution in [0.4, 0.5) is 0 Å². The maximum Gasteiger partial charge on any atom is 0.335 e. The van der Waals surface area contributed by atoms with Gasteiger partial charge in [0.25, 0.3) is 0 Å². The van der Waals surface area contributed by atoms with E-state index in [1.165, 1.54) is 0 Å². The summed E-state index contributed by atoms with van der Waals surface area (Å²) in [6.07, 6.45) is 4.03. The van der Waals surface area contributed by atoms with E-state index >= 15 is 0 Å². The van der Waals surface area contributed by atoms with Gasteiger partial charge in [-0.2, -0.15) is 0 Å². The van der Waals surface area contributed by atoms with E-state index < -0.39 is 11.6 Å². The first kappa shape index (κ1) is 14.9. The number of rotatable bonds is 6. The fourth-order valence-corrected chi connectivity index (χ4v) is 1.42. The number of allylic oxidation sites excluding steroid dienone is 1. The molecule has 4 heteroatoms. The lowest BCUT2D eigenvalue weighted by molar-refractivity contribution is -0.162. The van der Waals surface area contributed by atoms with Crippen LogP contribution in [0.5, 0.6) is 0 Å². The minimum atomic E-state index is -1.16. The zero-order valence-electron chi connectivity index (χ0n) is 10.5. The molecule has 0 heterocycles. The second kappa shape index (κ2) is 6.71. The molecule has 1 N–H and O–H groups in total. The van der Waals surface area contributed by atoms with Gasteiger partial charge in [0.2, 0.25) is 0 Å². The van der Waals surface area contributed by atoms with Crippen LogP contribution in [0.25, 0.3) is 6.08 Å². The Balaban J connectivity index is 2.59. The predicted octanol–water partition coefficient (Wildman–Crippen LogP) is 3.47. The van der Waals surface area contributed by atoms with Gasteiger partial charge >= 0.3 is 5.97 Å². The summed E-state index contributed by atoms with van der Waals surface area (Å²) >= 11 is 3.32. The van der Waals surface area contributed by atoms with E-state index in [2.05, 4.69) is 15.9 Å². The Hall–Kier alpha value is -1.13. The van der Waals surface area contributed by atoms with Crippen molar-refractivity contribution in [3.8, 4) is 0 Å². The first-order valence-corrected chi connectivity index (χ1v) is 6.76. The summed E-state index contributed by atoms with van der Waals surface area (Å²) in [7, 11) is 0. The second-order valence-electron chi connectivity index (χ2n) is 4.40. The zero-order chi connectivity index (χ0) is 13.6. The number of hydrogen-bond acceptors (Lipinski definition) is 2. The summed E-state index contributed by atoms with van der Waals surface area (Å²) in [4.78, 5) is 10.9. The van der Waals surface area contributed by atoms with Gasteiger partial charge < -0.3 is 9.84 Å². The highest BCUT2D eigenvalue weighted by atomic mass is 79.9. The van der Waals surface area contributed by atoms with Crippen LogP contribution < -0.4 is 0 Å². The van der Waals surface area contributed by atoms with Gasteiger partial charge in [-0.1, -0.05) is 52.3 Å². The van der Waals surface area contributed by atoms with Crippen molar-refractivity contribution >= 4 is 28.0 Å². The van der Waals surface area contributed by atoms with Gasteiger partial charge in [0, 0.05) is 5.33 Å². The highest BCUT2D eigenvalue weighted by Crippen LogP contribution is 2.14. The van der Waals surface area contributed by atoms with Gasteiger partial charge in [-0.05, 0) is 25.0 Å². The summed E-state index contributed by atoms with van der Waals surface area (Å²) < 4.78 is 5.37. The van der Waals surface area contributed by atoms with Crippen molar-refractivity contribution in [3.63, 3.8) is 0 Å². The molecule has 0 unspecified atom stereocenters. The molecule has 0 saturated heterocycles. The maximum atomic E-state index is 10.9. The van der Waals surface area contributed by atoms with Crippen LogP contribution in [0.3, 0.4) is 0 Å². The van der Waals surface area contributed by atoms with E-state index in [4.69, 9.17) is 9.84 Å². The van der Waals surface area contributed by atoms with Crippen LogP contribution in [0.2, 0.25) is 0 Å². The fourth-order valence-electron chi connectivity index (χ4n) is 1.23. The number of carbonyl (C=O) groups is 1. The smallest absolute Gasteiger partial charge is 0.335 e. The quantitative estimate of drug-likeness (QED) is 0.818. The Bertz CT molecular complexity index is 421. The molecule has 1 aromatic rings. The molecule has 0 aromatic heterocycles. The lowest BCUT2D eigenvalue weighted by Crippen LogP contribution is -2.34. The van der Waals surface area contributed by atoms with Gasteiger partial charge in [0.1, 0.15) is 0 Å². The Morgan fingerprint density at radius 1 is 1.39 bits per heavy atom. The first-order chi connectivity index (χ1) is 8.45. The van der Waals surface area contributed by atoms with Crippen molar-refractivity contribution in [1.29, 1.82) is 0 Å². The molecule has 0 aliphatic heterocycles. The maximum absolute atomic E-state index is 10.9. The summed E-state index contributed by atoms with van der Waals surface area (Å²) in [5.74, 6) is -0.959. The molecule has 0 saturated carbocycles. The van der Waals surface area contributed by atoms with Crippen LogP contribution in [-0.4, -0.2) is 22.0 Å². The molecular weight excluding hydrogens is 296 g/mol. The molecule has 98 valence electrons. The zero-order valence-corrected chi connectivity index (χ0v) is 12.1. The summed E-state index contributed by atoms with van der Waals surface area (Å²) in [6.45, 7) is 3.38. The Morgan fingerprint density at radius 2 is 2.00 bits per heavy atom. The minimum absolute atomic E-state index is 0.293. The van der Waals surface area contributed by atoms with Crippen molar-refractivity contribution in [2.45, 2.75) is 26.1 Å². The highest BCUT2D eigenvalue weighted by Gasteiger charge is 2.27. The molecule has 0 spiro atoms. The van der Waals surface area contributed by atoms with Gasteiger partial charge in [0.15, 0.2) is 5.60 Å². The van der Waals surface area contributed by atoms with Crippen molar-refractivity contribution in [3.05, 3.63) is 41.5 Å². The number of hydrogen-bond donors (Lipinski definition) is 1. The lowest BCUT2D eigenvalue weighted by atomic mass is 10.1. The molecule has 0 radical (unpaired) electrons. The Labute approximate surface area is 116 Å². The first-order valence-electron chi connectivity index (χ1n) is 5.64. The van der Waals surface area contributed by atoms with Crippen LogP contribution in [0.1, 0.15) is 25.0 Å². The van der Waals surface area contributed by atoms with E-state index in [1.807, 2.05) is 36.4 Å². The van der Waals surface area contributed by atoms with Crippen LogP contribution >= 0.6 is 15.9 Å². The molecule has 0 aliphatic carbocycles. The monoisotopic (exact) mass is 312 g/mol. The SMILES string of the molecule is CC(C)(OCc1ccc(C=CCBr)cc1)C(=O)O. The molecule has 0 aliphatic rings. The number of halogens is 1. The number of aliphatic carboxylic acids is 1. The van der Waals surface area contributed by atoms with Crippen LogP contribution in [-0.2, 0) is 16.1 Å². The Kier molecular flexibility index (Phi) is 5.56. The summed E-state index contributed by atoms with van der Waals surface area (Å²) in [6, 6.07) is 7.83. The third-order valence-electron chi connectivity index (χ3n) is 2.49. The average molecular weight is 313 g/mol. The minimum Gasteiger partial charge on any atom is -0.479 e. The lowest BCUT2D eigenvalue weighted by Gasteiger charge is -2.20. The number of benzene rings is 1. The summed E-state index contributed by atoms with van der Waals surface area (Å²) in [5.41, 5.74) is 0.908. The standard InChI is InChI=1S/C14H17BrO3/c1-14(2,13(16)17)18-10-12-7-5-11(6-8-12)4-3-9-15/h3-8H,9-10H2,1-2H3,(H,16,17). The largest absolute Gasteiger partial charge is 0.479 e. The van der Waals surface area contributed by atoms with Gasteiger partial charge in [0.05, 0.1) is 6.61 Å². The molecule has 0 fully saturated rings. The second-order valence-corrected chi connectivity index (χ2v) is 5.05. The molecule has 0 amide bonds. The summed E-state index contributed by atoms with van der Waals surface area (Å²) in [5, 5.41) is 9.75. The van der Waals surface area contributed by atoms with E-state index in [0.717, 1.165) is 16.5 Å². The number of ether oxygens (including phenoxy) is 1. The van der Waals surface area contributed by atoms with Gasteiger partial charge in [-0.3, -0.25) is 0 Å². The number of alkyl halides is 1. The predicted molar refractivity (Wildman–Crippen MR) is 75.8 cm³/mol.